The van der Waals surface area contributed by atoms with E-state index in [4.69, 9.17) is 4.74 Å². The lowest BCUT2D eigenvalue weighted by atomic mass is 9.99. The number of fused-ring (bicyclic) bond motifs is 1. The van der Waals surface area contributed by atoms with Crippen LogP contribution in [0.3, 0.4) is 0 Å². The van der Waals surface area contributed by atoms with E-state index >= 15 is 0 Å². The molecule has 2 heterocycles. The van der Waals surface area contributed by atoms with Gasteiger partial charge in [0.25, 0.3) is 5.56 Å². The Bertz CT molecular complexity index is 1140. The normalized spacial score (nSPS) is 13.0. The number of ether oxygens (including phenoxy) is 1. The van der Waals surface area contributed by atoms with Crippen molar-refractivity contribution in [2.45, 2.75) is 31.5 Å². The monoisotopic (exact) mass is 459 g/mol. The number of nitrogens with one attached hydrogen (secondary N) is 1. The number of methoxy groups -OCH3 is 1. The van der Waals surface area contributed by atoms with Crippen LogP contribution in [-0.4, -0.2) is 40.3 Å². The van der Waals surface area contributed by atoms with Crippen molar-refractivity contribution < 1.29 is 14.3 Å². The molecule has 0 fully saturated rings. The van der Waals surface area contributed by atoms with Gasteiger partial charge in [-0.1, -0.05) is 62.4 Å². The minimum absolute atomic E-state index is 0.0344. The van der Waals surface area contributed by atoms with E-state index in [1.54, 1.807) is 7.05 Å². The number of hydrogen-bond donors (Lipinski definition) is 1. The number of aromatic nitrogens is 2. The van der Waals surface area contributed by atoms with E-state index in [2.05, 4.69) is 10.3 Å². The molecule has 164 valence electrons. The molecule has 0 unspecified atom stereocenters. The molecule has 0 bridgehead atoms. The maximum absolute atomic E-state index is 13.0. The van der Waals surface area contributed by atoms with Crippen molar-refractivity contribution in [2.75, 3.05) is 12.9 Å². The maximum atomic E-state index is 13.0. The van der Waals surface area contributed by atoms with Crippen molar-refractivity contribution in [3.63, 3.8) is 0 Å². The van der Waals surface area contributed by atoms with Crippen LogP contribution in [0.2, 0.25) is 0 Å². The Kier molecular flexibility index (Phi) is 7.50. The molecule has 1 amide bonds. The Morgan fingerprint density at radius 3 is 2.65 bits per heavy atom. The summed E-state index contributed by atoms with van der Waals surface area (Å²) in [6, 6.07) is 9.01. The van der Waals surface area contributed by atoms with E-state index in [0.29, 0.717) is 15.4 Å². The number of nitrogens with zero attached hydrogens (tertiary/aromatic N) is 2. The summed E-state index contributed by atoms with van der Waals surface area (Å²) in [4.78, 5) is 42.7. The van der Waals surface area contributed by atoms with Gasteiger partial charge in [0.15, 0.2) is 5.16 Å². The number of carbonyl (C=O) groups excluding carboxylic acids is 2. The molecule has 2 atom stereocenters. The molecule has 3 aromatic rings. The van der Waals surface area contributed by atoms with Crippen molar-refractivity contribution >= 4 is 45.2 Å². The van der Waals surface area contributed by atoms with Crippen molar-refractivity contribution in [2.24, 2.45) is 13.0 Å². The summed E-state index contributed by atoms with van der Waals surface area (Å²) in [5, 5.41) is 5.70. The second kappa shape index (κ2) is 10.1. The fourth-order valence-corrected chi connectivity index (χ4v) is 4.93. The summed E-state index contributed by atoms with van der Waals surface area (Å²) in [6.45, 7) is 3.83. The van der Waals surface area contributed by atoms with Crippen LogP contribution in [-0.2, 0) is 21.4 Å². The molecule has 2 aromatic heterocycles. The third-order valence-electron chi connectivity index (χ3n) is 5.18. The van der Waals surface area contributed by atoms with E-state index in [9.17, 15) is 14.4 Å². The van der Waals surface area contributed by atoms with Crippen LogP contribution in [0.5, 0.6) is 0 Å². The molecule has 0 saturated carbocycles. The molecule has 3 rings (SSSR count). The molecule has 1 aromatic carbocycles. The number of benzene rings is 1. The van der Waals surface area contributed by atoms with E-state index in [-0.39, 0.29) is 23.1 Å². The summed E-state index contributed by atoms with van der Waals surface area (Å²) in [7, 11) is 2.95. The largest absolute Gasteiger partial charge is 0.467 e. The Labute approximate surface area is 188 Å². The SMILES string of the molecule is CC[C@H](C)[C@H](NC(=O)CSc1nc2scc(-c3ccccc3)c2c(=O)n1C)C(=O)OC. The van der Waals surface area contributed by atoms with Gasteiger partial charge in [0, 0.05) is 18.0 Å². The van der Waals surface area contributed by atoms with Gasteiger partial charge in [-0.05, 0) is 11.5 Å². The number of esters is 1. The molecule has 31 heavy (non-hydrogen) atoms. The molecule has 0 aliphatic rings. The van der Waals surface area contributed by atoms with E-state index in [1.165, 1.54) is 23.0 Å². The van der Waals surface area contributed by atoms with Gasteiger partial charge in [-0.15, -0.1) is 11.3 Å². The molecule has 7 nitrogen and oxygen atoms in total. The van der Waals surface area contributed by atoms with Crippen LogP contribution < -0.4 is 10.9 Å². The zero-order valence-electron chi connectivity index (χ0n) is 17.9. The second-order valence-corrected chi connectivity index (χ2v) is 9.00. The molecule has 0 spiro atoms. The van der Waals surface area contributed by atoms with Crippen LogP contribution >= 0.6 is 23.1 Å². The van der Waals surface area contributed by atoms with Gasteiger partial charge in [0.05, 0.1) is 18.2 Å². The highest BCUT2D eigenvalue weighted by atomic mass is 32.2. The van der Waals surface area contributed by atoms with E-state index in [1.807, 2.05) is 49.6 Å². The van der Waals surface area contributed by atoms with E-state index < -0.39 is 12.0 Å². The zero-order chi connectivity index (χ0) is 22.5. The number of rotatable bonds is 8. The second-order valence-electron chi connectivity index (χ2n) is 7.20. The number of thioether (sulfide) groups is 1. The van der Waals surface area contributed by atoms with Gasteiger partial charge in [-0.25, -0.2) is 9.78 Å². The van der Waals surface area contributed by atoms with Gasteiger partial charge < -0.3 is 10.1 Å². The first kappa shape index (κ1) is 23.0. The highest BCUT2D eigenvalue weighted by Crippen LogP contribution is 2.31. The summed E-state index contributed by atoms with van der Waals surface area (Å²) in [5.41, 5.74) is 1.67. The fraction of sp³-hybridized carbons (Fsp3) is 0.364. The third kappa shape index (κ3) is 4.99. The molecule has 9 heteroatoms. The third-order valence-corrected chi connectivity index (χ3v) is 7.08. The first-order valence-electron chi connectivity index (χ1n) is 9.91. The Hall–Kier alpha value is -2.65. The summed E-state index contributed by atoms with van der Waals surface area (Å²) >= 11 is 2.57. The van der Waals surface area contributed by atoms with Crippen molar-refractivity contribution in [1.29, 1.82) is 0 Å². The zero-order valence-corrected chi connectivity index (χ0v) is 19.5. The number of hydrogen-bond acceptors (Lipinski definition) is 7. The Balaban J connectivity index is 1.80. The topological polar surface area (TPSA) is 90.3 Å². The molecule has 1 N–H and O–H groups in total. The molecule has 0 aliphatic heterocycles. The van der Waals surface area contributed by atoms with Crippen molar-refractivity contribution in [3.05, 3.63) is 46.1 Å². The first-order valence-corrected chi connectivity index (χ1v) is 11.8. The number of carbonyl (C=O) groups is 2. The van der Waals surface area contributed by atoms with Crippen molar-refractivity contribution in [1.82, 2.24) is 14.9 Å². The Morgan fingerprint density at radius 1 is 1.29 bits per heavy atom. The average molecular weight is 460 g/mol. The van der Waals surface area contributed by atoms with Gasteiger partial charge in [-0.3, -0.25) is 14.2 Å². The average Bonchev–Trinajstić information content (AvgIpc) is 3.22. The van der Waals surface area contributed by atoms with E-state index in [0.717, 1.165) is 29.3 Å². The summed E-state index contributed by atoms with van der Waals surface area (Å²) in [5.74, 6) is -0.798. The lowest BCUT2D eigenvalue weighted by Crippen LogP contribution is -2.46. The van der Waals surface area contributed by atoms with Crippen LogP contribution in [0.25, 0.3) is 21.3 Å². The number of amides is 1. The first-order chi connectivity index (χ1) is 14.9. The smallest absolute Gasteiger partial charge is 0.328 e. The molecular formula is C22H25N3O4S2. The molecule has 0 saturated heterocycles. The van der Waals surface area contributed by atoms with Crippen LogP contribution in [0, 0.1) is 5.92 Å². The standard InChI is InChI=1S/C22H25N3O4S2/c1-5-13(2)18(21(28)29-4)23-16(26)12-31-22-24-19-17(20(27)25(22)3)15(11-30-19)14-9-7-6-8-10-14/h6-11,13,18H,5,12H2,1-4H3,(H,23,26)/t13-,18-/m0/s1. The highest BCUT2D eigenvalue weighted by Gasteiger charge is 2.27. The summed E-state index contributed by atoms with van der Waals surface area (Å²) < 4.78 is 6.27. The molecular weight excluding hydrogens is 434 g/mol. The molecule has 0 aliphatic carbocycles. The Morgan fingerprint density at radius 2 is 2.00 bits per heavy atom. The van der Waals surface area contributed by atoms with Gasteiger partial charge >= 0.3 is 5.97 Å². The van der Waals surface area contributed by atoms with Crippen molar-refractivity contribution in [3.8, 4) is 11.1 Å². The minimum atomic E-state index is -0.701. The molecule has 0 radical (unpaired) electrons. The highest BCUT2D eigenvalue weighted by molar-refractivity contribution is 7.99. The predicted molar refractivity (Wildman–Crippen MR) is 124 cm³/mol. The predicted octanol–water partition coefficient (Wildman–Crippen LogP) is 3.46. The van der Waals surface area contributed by atoms with Crippen LogP contribution in [0.1, 0.15) is 20.3 Å². The maximum Gasteiger partial charge on any atom is 0.328 e. The number of thiophene rings is 1. The lowest BCUT2D eigenvalue weighted by molar-refractivity contribution is -0.146. The van der Waals surface area contributed by atoms with Crippen LogP contribution in [0.15, 0.2) is 45.7 Å². The van der Waals surface area contributed by atoms with Gasteiger partial charge in [-0.2, -0.15) is 0 Å². The quantitative estimate of drug-likeness (QED) is 0.315. The fourth-order valence-electron chi connectivity index (χ4n) is 3.15. The van der Waals surface area contributed by atoms with Gasteiger partial charge in [0.2, 0.25) is 5.91 Å². The lowest BCUT2D eigenvalue weighted by Gasteiger charge is -2.21. The minimum Gasteiger partial charge on any atom is -0.467 e. The summed E-state index contributed by atoms with van der Waals surface area (Å²) in [6.07, 6.45) is 0.724. The van der Waals surface area contributed by atoms with Crippen LogP contribution in [0.4, 0.5) is 0 Å². The van der Waals surface area contributed by atoms with Gasteiger partial charge in [0.1, 0.15) is 10.9 Å².